The highest BCUT2D eigenvalue weighted by atomic mass is 35.5. The minimum absolute atomic E-state index is 0.0493. The third-order valence-electron chi connectivity index (χ3n) is 2.53. The molecule has 0 aliphatic heterocycles. The highest BCUT2D eigenvalue weighted by molar-refractivity contribution is 7.92. The summed E-state index contributed by atoms with van der Waals surface area (Å²) in [5.74, 6) is 0.244. The highest BCUT2D eigenvalue weighted by Crippen LogP contribution is 2.28. The van der Waals surface area contributed by atoms with Crippen molar-refractivity contribution in [1.82, 2.24) is 0 Å². The number of benzene rings is 2. The van der Waals surface area contributed by atoms with Crippen molar-refractivity contribution in [2.24, 2.45) is 0 Å². The minimum atomic E-state index is -3.83. The molecule has 0 radical (unpaired) electrons. The van der Waals surface area contributed by atoms with Gasteiger partial charge in [-0.2, -0.15) is 0 Å². The number of halogens is 1. The van der Waals surface area contributed by atoms with E-state index >= 15 is 0 Å². The Morgan fingerprint density at radius 2 is 1.80 bits per heavy atom. The normalized spacial score (nSPS) is 11.1. The largest absolute Gasteiger partial charge is 0.508 e. The number of hydrogen-bond donors (Lipinski definition) is 2. The van der Waals surface area contributed by atoms with E-state index in [0.717, 1.165) is 0 Å². The molecule has 2 rings (SSSR count). The second-order valence-electron chi connectivity index (χ2n) is 3.95. The summed E-state index contributed by atoms with van der Waals surface area (Å²) in [6, 6.07) is 9.99. The van der Waals surface area contributed by atoms with Gasteiger partial charge in [0.2, 0.25) is 0 Å². The van der Waals surface area contributed by atoms with Gasteiger partial charge >= 0.3 is 0 Å². The second kappa shape index (κ2) is 5.60. The van der Waals surface area contributed by atoms with Crippen LogP contribution in [0.3, 0.4) is 0 Å². The zero-order chi connectivity index (χ0) is 14.8. The van der Waals surface area contributed by atoms with Crippen LogP contribution >= 0.6 is 11.6 Å². The van der Waals surface area contributed by atoms with E-state index in [-0.39, 0.29) is 21.4 Å². The summed E-state index contributed by atoms with van der Waals surface area (Å²) < 4.78 is 32.0. The SMILES string of the molecule is COc1ccc(Cl)cc1S(=O)(=O)Nc1ccc(O)cc1. The molecule has 2 N–H and O–H groups in total. The summed E-state index contributed by atoms with van der Waals surface area (Å²) in [4.78, 5) is -0.0550. The van der Waals surface area contributed by atoms with Gasteiger partial charge in [-0.15, -0.1) is 0 Å². The number of phenols is 1. The molecule has 20 heavy (non-hydrogen) atoms. The van der Waals surface area contributed by atoms with E-state index < -0.39 is 10.0 Å². The van der Waals surface area contributed by atoms with Crippen LogP contribution in [0.15, 0.2) is 47.4 Å². The lowest BCUT2D eigenvalue weighted by Crippen LogP contribution is -2.14. The summed E-state index contributed by atoms with van der Waals surface area (Å²) in [5, 5.41) is 9.46. The number of rotatable bonds is 4. The van der Waals surface area contributed by atoms with E-state index in [1.807, 2.05) is 0 Å². The maximum atomic E-state index is 12.3. The third kappa shape index (κ3) is 3.15. The number of ether oxygens (including phenoxy) is 1. The Kier molecular flexibility index (Phi) is 4.06. The van der Waals surface area contributed by atoms with E-state index in [4.69, 9.17) is 16.3 Å². The first-order chi connectivity index (χ1) is 9.42. The van der Waals surface area contributed by atoms with Gasteiger partial charge in [-0.25, -0.2) is 8.42 Å². The fourth-order valence-corrected chi connectivity index (χ4v) is 3.09. The van der Waals surface area contributed by atoms with Crippen LogP contribution < -0.4 is 9.46 Å². The molecule has 0 bridgehead atoms. The van der Waals surface area contributed by atoms with Gasteiger partial charge in [-0.3, -0.25) is 4.72 Å². The molecule has 0 atom stereocenters. The fraction of sp³-hybridized carbons (Fsp3) is 0.0769. The zero-order valence-electron chi connectivity index (χ0n) is 10.5. The molecular weight excluding hydrogens is 302 g/mol. The average Bonchev–Trinajstić information content (AvgIpc) is 2.41. The number of phenolic OH excluding ortho intramolecular Hbond substituents is 1. The molecule has 7 heteroatoms. The van der Waals surface area contributed by atoms with Gasteiger partial charge in [0.15, 0.2) is 0 Å². The molecule has 106 valence electrons. The first-order valence-electron chi connectivity index (χ1n) is 5.58. The molecule has 0 saturated heterocycles. The van der Waals surface area contributed by atoms with Gasteiger partial charge in [0.1, 0.15) is 16.4 Å². The van der Waals surface area contributed by atoms with E-state index in [1.54, 1.807) is 6.07 Å². The Hall–Kier alpha value is -1.92. The van der Waals surface area contributed by atoms with Crippen LogP contribution in [0.25, 0.3) is 0 Å². The van der Waals surface area contributed by atoms with Crippen molar-refractivity contribution in [1.29, 1.82) is 0 Å². The van der Waals surface area contributed by atoms with Crippen molar-refractivity contribution in [3.63, 3.8) is 0 Å². The van der Waals surface area contributed by atoms with Crippen molar-refractivity contribution in [3.05, 3.63) is 47.5 Å². The van der Waals surface area contributed by atoms with Gasteiger partial charge in [-0.1, -0.05) is 11.6 Å². The zero-order valence-corrected chi connectivity index (χ0v) is 12.1. The molecule has 0 unspecified atom stereocenters. The molecule has 0 aliphatic carbocycles. The van der Waals surface area contributed by atoms with E-state index in [9.17, 15) is 13.5 Å². The molecule has 0 spiro atoms. The van der Waals surface area contributed by atoms with Gasteiger partial charge in [0.25, 0.3) is 10.0 Å². The summed E-state index contributed by atoms with van der Waals surface area (Å²) in [6.07, 6.45) is 0. The van der Waals surface area contributed by atoms with Crippen molar-refractivity contribution in [2.45, 2.75) is 4.90 Å². The summed E-state index contributed by atoms with van der Waals surface area (Å²) in [6.45, 7) is 0. The van der Waals surface area contributed by atoms with Gasteiger partial charge < -0.3 is 9.84 Å². The van der Waals surface area contributed by atoms with E-state index in [0.29, 0.717) is 5.69 Å². The summed E-state index contributed by atoms with van der Waals surface area (Å²) >= 11 is 5.82. The Balaban J connectivity index is 2.40. The van der Waals surface area contributed by atoms with E-state index in [2.05, 4.69) is 4.72 Å². The van der Waals surface area contributed by atoms with Crippen LogP contribution in [0, 0.1) is 0 Å². The topological polar surface area (TPSA) is 75.6 Å². The van der Waals surface area contributed by atoms with Crippen LogP contribution in [-0.2, 0) is 10.0 Å². The number of aromatic hydroxyl groups is 1. The monoisotopic (exact) mass is 313 g/mol. The molecular formula is C13H12ClNO4S. The fourth-order valence-electron chi connectivity index (χ4n) is 1.60. The van der Waals surface area contributed by atoms with Crippen LogP contribution in [-0.4, -0.2) is 20.6 Å². The summed E-state index contributed by atoms with van der Waals surface area (Å²) in [5.41, 5.74) is 0.324. The third-order valence-corrected chi connectivity index (χ3v) is 4.17. The Bertz CT molecular complexity index is 714. The molecule has 0 saturated carbocycles. The lowest BCUT2D eigenvalue weighted by atomic mass is 10.3. The number of methoxy groups -OCH3 is 1. The Labute approximate surface area is 121 Å². The number of hydrogen-bond acceptors (Lipinski definition) is 4. The van der Waals surface area contributed by atoms with Crippen molar-refractivity contribution in [2.75, 3.05) is 11.8 Å². The van der Waals surface area contributed by atoms with Crippen molar-refractivity contribution >= 4 is 27.3 Å². The van der Waals surface area contributed by atoms with Crippen molar-refractivity contribution in [3.8, 4) is 11.5 Å². The smallest absolute Gasteiger partial charge is 0.265 e. The first-order valence-corrected chi connectivity index (χ1v) is 7.44. The summed E-state index contributed by atoms with van der Waals surface area (Å²) in [7, 11) is -2.45. The quantitative estimate of drug-likeness (QED) is 0.851. The van der Waals surface area contributed by atoms with Gasteiger partial charge in [0.05, 0.1) is 7.11 Å². The van der Waals surface area contributed by atoms with E-state index in [1.165, 1.54) is 43.5 Å². The predicted octanol–water partition coefficient (Wildman–Crippen LogP) is 2.86. The minimum Gasteiger partial charge on any atom is -0.508 e. The maximum absolute atomic E-state index is 12.3. The highest BCUT2D eigenvalue weighted by Gasteiger charge is 2.20. The Morgan fingerprint density at radius 3 is 2.40 bits per heavy atom. The van der Waals surface area contributed by atoms with Gasteiger partial charge in [0, 0.05) is 10.7 Å². The van der Waals surface area contributed by atoms with Crippen LogP contribution in [0.2, 0.25) is 5.02 Å². The lowest BCUT2D eigenvalue weighted by molar-refractivity contribution is 0.403. The average molecular weight is 314 g/mol. The lowest BCUT2D eigenvalue weighted by Gasteiger charge is -2.12. The first kappa shape index (κ1) is 14.5. The molecule has 0 amide bonds. The van der Waals surface area contributed by atoms with Crippen molar-refractivity contribution < 1.29 is 18.3 Å². The molecule has 0 aliphatic rings. The molecule has 0 aromatic heterocycles. The predicted molar refractivity (Wildman–Crippen MR) is 76.9 cm³/mol. The maximum Gasteiger partial charge on any atom is 0.265 e. The van der Waals surface area contributed by atoms with Crippen LogP contribution in [0.4, 0.5) is 5.69 Å². The Morgan fingerprint density at radius 1 is 1.15 bits per heavy atom. The van der Waals surface area contributed by atoms with Crippen LogP contribution in [0.5, 0.6) is 11.5 Å². The van der Waals surface area contributed by atoms with Crippen LogP contribution in [0.1, 0.15) is 0 Å². The molecule has 0 heterocycles. The second-order valence-corrected chi connectivity index (χ2v) is 6.03. The number of anilines is 1. The molecule has 0 fully saturated rings. The number of sulfonamides is 1. The molecule has 5 nitrogen and oxygen atoms in total. The molecule has 2 aromatic carbocycles. The standard InChI is InChI=1S/C13H12ClNO4S/c1-19-12-7-2-9(14)8-13(12)20(17,18)15-10-3-5-11(16)6-4-10/h2-8,15-16H,1H3. The van der Waals surface area contributed by atoms with Gasteiger partial charge in [-0.05, 0) is 42.5 Å². The molecule has 2 aromatic rings. The number of nitrogens with one attached hydrogen (secondary N) is 1.